The van der Waals surface area contributed by atoms with E-state index in [1.165, 1.54) is 29.0 Å². The first-order valence-corrected chi connectivity index (χ1v) is 7.80. The monoisotopic (exact) mass is 271 g/mol. The maximum atomic E-state index is 4.65. The Morgan fingerprint density at radius 3 is 3.21 bits per heavy atom. The predicted octanol–water partition coefficient (Wildman–Crippen LogP) is 3.11. The second-order valence-electron chi connectivity index (χ2n) is 5.52. The molecule has 4 heteroatoms. The molecule has 0 N–H and O–H groups in total. The van der Waals surface area contributed by atoms with Gasteiger partial charge in [0, 0.05) is 41.7 Å². The highest BCUT2D eigenvalue weighted by atomic mass is 32.1. The minimum absolute atomic E-state index is 0.538. The molecule has 0 aromatic carbocycles. The lowest BCUT2D eigenvalue weighted by Gasteiger charge is -2.35. The van der Waals surface area contributed by atoms with E-state index < -0.39 is 0 Å². The van der Waals surface area contributed by atoms with Gasteiger partial charge in [-0.05, 0) is 31.2 Å². The fourth-order valence-electron chi connectivity index (χ4n) is 3.50. The van der Waals surface area contributed by atoms with Crippen LogP contribution in [0.2, 0.25) is 0 Å². The Kier molecular flexibility index (Phi) is 2.67. The Labute approximate surface area is 117 Å². The normalized spacial score (nSPS) is 25.5. The van der Waals surface area contributed by atoms with Gasteiger partial charge in [-0.3, -0.25) is 4.90 Å². The van der Waals surface area contributed by atoms with Crippen molar-refractivity contribution in [2.24, 2.45) is 0 Å². The minimum Gasteiger partial charge on any atom is -0.288 e. The van der Waals surface area contributed by atoms with Crippen LogP contribution in [0.1, 0.15) is 40.8 Å². The number of hydrogen-bond acceptors (Lipinski definition) is 4. The number of hydrogen-bond donors (Lipinski definition) is 0. The molecule has 0 saturated carbocycles. The number of aromatic nitrogens is 2. The summed E-state index contributed by atoms with van der Waals surface area (Å²) in [6.45, 7) is 3.07. The van der Waals surface area contributed by atoms with Gasteiger partial charge in [-0.1, -0.05) is 6.07 Å². The van der Waals surface area contributed by atoms with Crippen molar-refractivity contribution in [3.8, 4) is 0 Å². The van der Waals surface area contributed by atoms with Crippen LogP contribution in [0.3, 0.4) is 0 Å². The highest BCUT2D eigenvalue weighted by Gasteiger charge is 2.40. The Morgan fingerprint density at radius 1 is 1.42 bits per heavy atom. The van der Waals surface area contributed by atoms with E-state index in [0.29, 0.717) is 12.1 Å². The van der Waals surface area contributed by atoms with Gasteiger partial charge in [-0.2, -0.15) is 0 Å². The lowest BCUT2D eigenvalue weighted by atomic mass is 9.99. The Balaban J connectivity index is 1.68. The third-order valence-electron chi connectivity index (χ3n) is 4.37. The Hall–Kier alpha value is -1.26. The second kappa shape index (κ2) is 4.39. The maximum absolute atomic E-state index is 4.65. The first-order chi connectivity index (χ1) is 9.31. The fourth-order valence-corrected chi connectivity index (χ4v) is 4.22. The van der Waals surface area contributed by atoms with E-state index in [4.69, 9.17) is 0 Å². The van der Waals surface area contributed by atoms with Gasteiger partial charge in [0.2, 0.25) is 0 Å². The molecule has 0 radical (unpaired) electrons. The lowest BCUT2D eigenvalue weighted by Crippen LogP contribution is -2.37. The molecule has 0 spiro atoms. The van der Waals surface area contributed by atoms with Gasteiger partial charge < -0.3 is 0 Å². The third-order valence-corrected chi connectivity index (χ3v) is 5.23. The van der Waals surface area contributed by atoms with Crippen LogP contribution in [0.4, 0.5) is 0 Å². The molecule has 4 rings (SSSR count). The summed E-state index contributed by atoms with van der Waals surface area (Å²) in [5.41, 5.74) is 2.67. The van der Waals surface area contributed by atoms with Crippen molar-refractivity contribution in [3.05, 3.63) is 45.7 Å². The topological polar surface area (TPSA) is 29.0 Å². The first kappa shape index (κ1) is 11.6. The molecule has 2 atom stereocenters. The number of rotatable bonds is 2. The molecule has 2 aromatic heterocycles. The van der Waals surface area contributed by atoms with Crippen molar-refractivity contribution in [3.63, 3.8) is 0 Å². The zero-order valence-electron chi connectivity index (χ0n) is 11.0. The summed E-state index contributed by atoms with van der Waals surface area (Å²) in [7, 11) is 0. The van der Waals surface area contributed by atoms with Crippen LogP contribution in [-0.2, 0) is 13.0 Å². The van der Waals surface area contributed by atoms with Gasteiger partial charge >= 0.3 is 0 Å². The van der Waals surface area contributed by atoms with Gasteiger partial charge in [0.05, 0.1) is 5.69 Å². The Morgan fingerprint density at radius 2 is 2.37 bits per heavy atom. The molecule has 1 fully saturated rings. The van der Waals surface area contributed by atoms with E-state index in [2.05, 4.69) is 38.6 Å². The number of nitrogens with zero attached hydrogens (tertiary/aromatic N) is 3. The summed E-state index contributed by atoms with van der Waals surface area (Å²) in [4.78, 5) is 13.2. The molecule has 2 aromatic rings. The van der Waals surface area contributed by atoms with E-state index in [-0.39, 0.29) is 0 Å². The van der Waals surface area contributed by atoms with Crippen LogP contribution in [0.25, 0.3) is 0 Å². The largest absolute Gasteiger partial charge is 0.288 e. The SMILES string of the molecule is Cc1ncc2c(n1)CC1CCC2N1Cc1cccs1. The molecule has 3 nitrogen and oxygen atoms in total. The summed E-state index contributed by atoms with van der Waals surface area (Å²) in [6.07, 6.45) is 5.72. The summed E-state index contributed by atoms with van der Waals surface area (Å²) in [5, 5.41) is 2.17. The van der Waals surface area contributed by atoms with E-state index in [0.717, 1.165) is 18.8 Å². The summed E-state index contributed by atoms with van der Waals surface area (Å²) in [6, 6.07) is 5.60. The van der Waals surface area contributed by atoms with Crippen LogP contribution in [0.5, 0.6) is 0 Å². The average Bonchev–Trinajstić information content (AvgIpc) is 2.99. The fraction of sp³-hybridized carbons (Fsp3) is 0.467. The summed E-state index contributed by atoms with van der Waals surface area (Å²) >= 11 is 1.86. The first-order valence-electron chi connectivity index (χ1n) is 6.92. The van der Waals surface area contributed by atoms with Crippen LogP contribution in [0, 0.1) is 6.92 Å². The second-order valence-corrected chi connectivity index (χ2v) is 6.55. The molecule has 2 bridgehead atoms. The van der Waals surface area contributed by atoms with Crippen LogP contribution < -0.4 is 0 Å². The smallest absolute Gasteiger partial charge is 0.125 e. The van der Waals surface area contributed by atoms with E-state index in [1.54, 1.807) is 0 Å². The molecule has 98 valence electrons. The zero-order valence-corrected chi connectivity index (χ0v) is 11.9. The summed E-state index contributed by atoms with van der Waals surface area (Å²) < 4.78 is 0. The molecule has 2 unspecified atom stereocenters. The van der Waals surface area contributed by atoms with Gasteiger partial charge in [0.15, 0.2) is 0 Å². The van der Waals surface area contributed by atoms with Crippen molar-refractivity contribution in [1.29, 1.82) is 0 Å². The lowest BCUT2D eigenvalue weighted by molar-refractivity contribution is 0.167. The maximum Gasteiger partial charge on any atom is 0.125 e. The third kappa shape index (κ3) is 1.90. The van der Waals surface area contributed by atoms with Crippen LogP contribution >= 0.6 is 11.3 Å². The van der Waals surface area contributed by atoms with Crippen molar-refractivity contribution in [2.75, 3.05) is 0 Å². The highest BCUT2D eigenvalue weighted by Crippen LogP contribution is 2.43. The molecule has 0 amide bonds. The van der Waals surface area contributed by atoms with Crippen molar-refractivity contribution in [1.82, 2.24) is 14.9 Å². The molecular formula is C15H17N3S. The number of thiophene rings is 1. The molecule has 1 saturated heterocycles. The van der Waals surface area contributed by atoms with E-state index in [9.17, 15) is 0 Å². The minimum atomic E-state index is 0.538. The molecule has 4 heterocycles. The summed E-state index contributed by atoms with van der Waals surface area (Å²) in [5.74, 6) is 0.907. The van der Waals surface area contributed by atoms with Gasteiger partial charge in [-0.15, -0.1) is 11.3 Å². The van der Waals surface area contributed by atoms with Gasteiger partial charge in [-0.25, -0.2) is 9.97 Å². The number of fused-ring (bicyclic) bond motifs is 4. The zero-order chi connectivity index (χ0) is 12.8. The van der Waals surface area contributed by atoms with Crippen LogP contribution in [0.15, 0.2) is 23.7 Å². The van der Waals surface area contributed by atoms with Gasteiger partial charge in [0.1, 0.15) is 5.82 Å². The molecule has 2 aliphatic heterocycles. The molecular weight excluding hydrogens is 254 g/mol. The van der Waals surface area contributed by atoms with Crippen LogP contribution in [-0.4, -0.2) is 20.9 Å². The molecule has 19 heavy (non-hydrogen) atoms. The number of aryl methyl sites for hydroxylation is 1. The average molecular weight is 271 g/mol. The van der Waals surface area contributed by atoms with E-state index >= 15 is 0 Å². The quantitative estimate of drug-likeness (QED) is 0.840. The van der Waals surface area contributed by atoms with E-state index in [1.807, 2.05) is 18.3 Å². The van der Waals surface area contributed by atoms with Crippen molar-refractivity contribution >= 4 is 11.3 Å². The standard InChI is InChI=1S/C15H17N3S/c1-10-16-8-13-14(17-10)7-11-4-5-15(13)18(11)9-12-3-2-6-19-12/h2-3,6,8,11,15H,4-5,7,9H2,1H3. The van der Waals surface area contributed by atoms with Crippen molar-refractivity contribution < 1.29 is 0 Å². The Bertz CT molecular complexity index is 593. The predicted molar refractivity (Wildman–Crippen MR) is 76.1 cm³/mol. The molecule has 0 aliphatic carbocycles. The highest BCUT2D eigenvalue weighted by molar-refractivity contribution is 7.09. The van der Waals surface area contributed by atoms with Crippen molar-refractivity contribution in [2.45, 2.75) is 44.8 Å². The van der Waals surface area contributed by atoms with Gasteiger partial charge in [0.25, 0.3) is 0 Å². The molecule has 2 aliphatic rings.